The third kappa shape index (κ3) is 16.3. The number of hydrogen-bond donors (Lipinski definition) is 0. The zero-order valence-electron chi connectivity index (χ0n) is 48.2. The van der Waals surface area contributed by atoms with E-state index in [0.717, 1.165) is 0 Å². The van der Waals surface area contributed by atoms with Gasteiger partial charge in [-0.15, -0.1) is 160 Å². The van der Waals surface area contributed by atoms with Crippen molar-refractivity contribution >= 4 is 71.0 Å². The van der Waals surface area contributed by atoms with Gasteiger partial charge in [0.15, 0.2) is 0 Å². The third-order valence-electron chi connectivity index (χ3n) is 14.5. The molecule has 0 aliphatic heterocycles. The van der Waals surface area contributed by atoms with Gasteiger partial charge in [-0.25, -0.2) is 0 Å². The van der Waals surface area contributed by atoms with Crippen LogP contribution in [-0.2, 0) is 48.5 Å². The zero-order valence-corrected chi connectivity index (χ0v) is 54.6. The predicted molar refractivity (Wildman–Crippen MR) is 343 cm³/mol. The molecule has 0 N–H and O–H groups in total. The fourth-order valence-electron chi connectivity index (χ4n) is 10.4. The summed E-state index contributed by atoms with van der Waals surface area (Å²) in [5.41, 5.74) is 16.1. The number of halogens is 2. The average molecular weight is 1260 g/mol. The first-order chi connectivity index (χ1) is 38.8. The number of benzene rings is 10. The summed E-state index contributed by atoms with van der Waals surface area (Å²) in [5, 5.41) is 16.4. The molecule has 82 heavy (non-hydrogen) atoms. The summed E-state index contributed by atoms with van der Waals surface area (Å²) in [7, 11) is 0. The molecular formula is C78H68Cl2Zr2-2. The van der Waals surface area contributed by atoms with Gasteiger partial charge in [-0.1, -0.05) is 111 Å². The van der Waals surface area contributed by atoms with E-state index >= 15 is 0 Å². The van der Waals surface area contributed by atoms with E-state index in [9.17, 15) is 0 Å². The molecule has 14 aromatic rings. The van der Waals surface area contributed by atoms with E-state index < -0.39 is 0 Å². The van der Waals surface area contributed by atoms with Crippen LogP contribution in [0, 0.1) is 55.4 Å². The van der Waals surface area contributed by atoms with Gasteiger partial charge in [-0.05, 0) is 27.7 Å². The molecule has 0 heterocycles. The molecule has 0 aromatic heterocycles. The topological polar surface area (TPSA) is 0 Å². The average Bonchev–Trinajstić information content (AvgIpc) is 4.21. The Balaban J connectivity index is 0.000000142. The molecule has 0 aliphatic carbocycles. The van der Waals surface area contributed by atoms with Crippen molar-refractivity contribution < 1.29 is 73.3 Å². The van der Waals surface area contributed by atoms with Crippen LogP contribution in [0.15, 0.2) is 267 Å². The van der Waals surface area contributed by atoms with Gasteiger partial charge >= 0.3 is 198 Å². The van der Waals surface area contributed by atoms with E-state index in [2.05, 4.69) is 322 Å². The second kappa shape index (κ2) is 30.0. The molecule has 0 atom stereocenters. The van der Waals surface area contributed by atoms with Gasteiger partial charge in [-0.3, -0.25) is 0 Å². The van der Waals surface area contributed by atoms with Gasteiger partial charge < -0.3 is 24.8 Å². The van der Waals surface area contributed by atoms with Crippen molar-refractivity contribution in [3.8, 4) is 0 Å². The molecule has 0 radical (unpaired) electrons. The van der Waals surface area contributed by atoms with Crippen LogP contribution in [0.2, 0.25) is 0 Å². The van der Waals surface area contributed by atoms with Crippen molar-refractivity contribution in [1.82, 2.24) is 0 Å². The quantitative estimate of drug-likeness (QED) is 0.154. The Morgan fingerprint density at radius 2 is 0.524 bits per heavy atom. The molecule has 0 bridgehead atoms. The monoisotopic (exact) mass is 1250 g/mol. The molecule has 14 rings (SSSR count). The van der Waals surface area contributed by atoms with Gasteiger partial charge in [0, 0.05) is 0 Å². The second-order valence-corrected chi connectivity index (χ2v) is 23.5. The van der Waals surface area contributed by atoms with Gasteiger partial charge in [0.25, 0.3) is 0 Å². The Morgan fingerprint density at radius 3 is 0.768 bits per heavy atom. The maximum atomic E-state index is 2.28. The van der Waals surface area contributed by atoms with Crippen LogP contribution < -0.4 is 24.8 Å². The van der Waals surface area contributed by atoms with Crippen LogP contribution >= 0.6 is 0 Å². The third-order valence-corrected chi connectivity index (χ3v) is 17.3. The molecule has 0 spiro atoms. The van der Waals surface area contributed by atoms with Crippen LogP contribution in [0.4, 0.5) is 0 Å². The van der Waals surface area contributed by atoms with E-state index in [1.54, 1.807) is 0 Å². The summed E-state index contributed by atoms with van der Waals surface area (Å²) in [5.74, 6) is 0. The minimum absolute atomic E-state index is 0. The normalized spacial score (nSPS) is 10.4. The van der Waals surface area contributed by atoms with Crippen LogP contribution in [0.1, 0.15) is 66.8 Å². The summed E-state index contributed by atoms with van der Waals surface area (Å²) in [6, 6.07) is 95.2. The Bertz CT molecular complexity index is 3860. The molecule has 0 unspecified atom stereocenters. The van der Waals surface area contributed by atoms with Crippen molar-refractivity contribution in [3.05, 3.63) is 334 Å². The first kappa shape index (κ1) is 62.8. The molecule has 14 aromatic carbocycles. The molecule has 0 nitrogen and oxygen atoms in total. The summed E-state index contributed by atoms with van der Waals surface area (Å²) >= 11 is 2.92. The van der Waals surface area contributed by atoms with Crippen molar-refractivity contribution in [2.24, 2.45) is 0 Å². The maximum absolute atomic E-state index is 2.28. The Labute approximate surface area is 528 Å². The van der Waals surface area contributed by atoms with Crippen LogP contribution in [-0.4, -0.2) is 6.41 Å². The summed E-state index contributed by atoms with van der Waals surface area (Å²) in [6.07, 6.45) is 0. The van der Waals surface area contributed by atoms with E-state index in [1.807, 2.05) is 0 Å². The van der Waals surface area contributed by atoms with E-state index in [1.165, 1.54) is 186 Å². The molecule has 0 saturated heterocycles. The molecule has 0 saturated carbocycles. The fourth-order valence-corrected chi connectivity index (χ4v) is 12.0. The number of rotatable bonds is 4. The summed E-state index contributed by atoms with van der Waals surface area (Å²) in [6.45, 7) is 17.2. The first-order valence-electron chi connectivity index (χ1n) is 27.5. The summed E-state index contributed by atoms with van der Waals surface area (Å²) < 4.78 is 2.83. The van der Waals surface area contributed by atoms with Crippen molar-refractivity contribution in [3.63, 3.8) is 0 Å². The van der Waals surface area contributed by atoms with Gasteiger partial charge in [0.2, 0.25) is 0 Å². The van der Waals surface area contributed by atoms with Crippen molar-refractivity contribution in [2.45, 2.75) is 55.4 Å². The van der Waals surface area contributed by atoms with Crippen LogP contribution in [0.5, 0.6) is 0 Å². The van der Waals surface area contributed by atoms with E-state index in [0.29, 0.717) is 0 Å². The molecule has 0 amide bonds. The standard InChI is InChI=1S/2C15H13.2C13H10.2C11H11.2ClH.2Zr/c2*1-10-3-5-14-12(7-10)9-13-8-11(2)4-6-15(13)14;2*1-3-7-12(8-4-1)11-13-9-5-2-6-10-13;2*1-8-6-10-5-3-4-9(2)11(10)7-8;;;;/h2*3-9H,1-2H3;2*1-10H;2*3-7H,1-2H3;2*1H;;/q2*-1;;;2*-1;;;2*+2/p-2. The van der Waals surface area contributed by atoms with Crippen LogP contribution in [0.25, 0.3) is 64.6 Å². The Kier molecular flexibility index (Phi) is 23.0. The minimum atomic E-state index is 0. The van der Waals surface area contributed by atoms with E-state index in [4.69, 9.17) is 0 Å². The summed E-state index contributed by atoms with van der Waals surface area (Å²) in [4.78, 5) is 0. The van der Waals surface area contributed by atoms with Gasteiger partial charge in [-0.2, -0.15) is 12.1 Å². The van der Waals surface area contributed by atoms with E-state index in [-0.39, 0.29) is 24.8 Å². The SMILES string of the molecule is Cc1cc2cccc(C)c2[cH-]1.Cc1cc2cccc(C)c2[cH-]1.Cc1ccc2c(c1)[cH-]c1cc(C)ccc12.Cc1ccc2c(c1)[cH-]c1cc(C)ccc12.[Cl-].[Cl-].[Zr+2]=[C](c1ccccc1)c1ccccc1.[Zr+2]=[C](c1ccccc1)c1ccccc1. The van der Waals surface area contributed by atoms with Crippen molar-refractivity contribution in [1.29, 1.82) is 0 Å². The molecule has 4 heteroatoms. The van der Waals surface area contributed by atoms with Crippen molar-refractivity contribution in [2.75, 3.05) is 0 Å². The number of hydrogen-bond acceptors (Lipinski definition) is 0. The molecule has 404 valence electrons. The molecule has 0 aliphatic rings. The second-order valence-electron chi connectivity index (χ2n) is 21.1. The zero-order chi connectivity index (χ0) is 56.1. The molecule has 0 fully saturated rings. The Hall–Kier alpha value is -6.75. The van der Waals surface area contributed by atoms with Crippen LogP contribution in [0.3, 0.4) is 0 Å². The number of aryl methyl sites for hydroxylation is 8. The fraction of sp³-hybridized carbons (Fsp3) is 0.103. The number of fused-ring (bicyclic) bond motifs is 8. The first-order valence-corrected chi connectivity index (χ1v) is 30.0. The van der Waals surface area contributed by atoms with Gasteiger partial charge in [0.05, 0.1) is 0 Å². The molecular weight excluding hydrogens is 1190 g/mol. The predicted octanol–water partition coefficient (Wildman–Crippen LogP) is 14.6. The Morgan fingerprint density at radius 1 is 0.268 bits per heavy atom. The van der Waals surface area contributed by atoms with Gasteiger partial charge in [0.1, 0.15) is 0 Å².